The van der Waals surface area contributed by atoms with Gasteiger partial charge in [-0.2, -0.15) is 0 Å². The van der Waals surface area contributed by atoms with Crippen LogP contribution < -0.4 is 20.6 Å². The molecule has 13 rings (SSSR count). The lowest BCUT2D eigenvalue weighted by Crippen LogP contribution is -2.63. The van der Waals surface area contributed by atoms with Crippen LogP contribution in [0.4, 0.5) is 28.4 Å². The molecule has 0 N–H and O–H groups in total. The van der Waals surface area contributed by atoms with Crippen LogP contribution in [0, 0.1) is 0 Å². The number of anilines is 5. The molecular formula is C61H55BN2O. The number of nitrogens with zero attached hydrogens (tertiary/aromatic N) is 2. The minimum atomic E-state index is -0.199. The smallest absolute Gasteiger partial charge is 0.333 e. The highest BCUT2D eigenvalue weighted by atomic mass is 16.3. The summed E-state index contributed by atoms with van der Waals surface area (Å²) in [5.41, 5.74) is 22.4. The molecule has 9 aromatic rings. The Bertz CT molecular complexity index is 3530. The van der Waals surface area contributed by atoms with Crippen LogP contribution in [0.3, 0.4) is 0 Å². The molecule has 1 aromatic heterocycles. The van der Waals surface area contributed by atoms with Gasteiger partial charge in [-0.3, -0.25) is 0 Å². The van der Waals surface area contributed by atoms with E-state index < -0.39 is 0 Å². The molecule has 65 heavy (non-hydrogen) atoms. The molecule has 8 aromatic carbocycles. The maximum absolute atomic E-state index is 7.52. The van der Waals surface area contributed by atoms with Crippen molar-refractivity contribution in [3.63, 3.8) is 0 Å². The SMILES string of the molecule is CC(C)(C)c1ccc(N2c3cc4ccccc4c4c3B(c3ccc5c(oc6cc7c(cc65)C(C)(C)CCC7(C)C)c32)N2c3ccccc3C(C)(C)c3cccc-4c32)c(-c2ccccc2)c1. The summed E-state index contributed by atoms with van der Waals surface area (Å²) in [6, 6.07) is 55.8. The number of para-hydroxylation sites is 2. The van der Waals surface area contributed by atoms with Crippen LogP contribution in [0.15, 0.2) is 150 Å². The first-order chi connectivity index (χ1) is 31.1. The van der Waals surface area contributed by atoms with Gasteiger partial charge in [-0.15, -0.1) is 0 Å². The van der Waals surface area contributed by atoms with Gasteiger partial charge in [0.25, 0.3) is 0 Å². The topological polar surface area (TPSA) is 19.6 Å². The van der Waals surface area contributed by atoms with Gasteiger partial charge in [-0.05, 0) is 126 Å². The molecule has 4 heteroatoms. The Morgan fingerprint density at radius 1 is 0.538 bits per heavy atom. The number of hydrogen-bond donors (Lipinski definition) is 0. The molecule has 0 fully saturated rings. The van der Waals surface area contributed by atoms with Gasteiger partial charge < -0.3 is 14.1 Å². The standard InChI is InChI=1S/C61H55BN2O/c1-58(2,3)38-26-29-49(42(33-38)36-18-11-10-12-19-36)63-51-32-37-20-13-14-21-39(37)53-41-22-17-24-45-55(41)64(50-25-16-15-23-44(50)61(45,8)9)62(54(51)53)48-28-27-40-43-34-46-47(35-52(43)65-57(40)56(48)63)60(6,7)31-30-59(46,4)5/h10-29,32-35H,30-31H2,1-9H3. The van der Waals surface area contributed by atoms with E-state index in [0.717, 1.165) is 35.4 Å². The van der Waals surface area contributed by atoms with Crippen LogP contribution in [-0.2, 0) is 21.7 Å². The highest BCUT2D eigenvalue weighted by molar-refractivity contribution is 6.94. The molecule has 0 bridgehead atoms. The third kappa shape index (κ3) is 5.20. The van der Waals surface area contributed by atoms with Gasteiger partial charge in [0.05, 0.1) is 11.4 Å². The van der Waals surface area contributed by atoms with Crippen molar-refractivity contribution in [1.29, 1.82) is 0 Å². The van der Waals surface area contributed by atoms with Crippen molar-refractivity contribution in [2.24, 2.45) is 0 Å². The number of rotatable bonds is 2. The number of hydrogen-bond acceptors (Lipinski definition) is 3. The van der Waals surface area contributed by atoms with E-state index in [1.54, 1.807) is 0 Å². The van der Waals surface area contributed by atoms with Crippen molar-refractivity contribution < 1.29 is 4.42 Å². The fraction of sp³-hybridized carbons (Fsp3) is 0.246. The lowest BCUT2D eigenvalue weighted by molar-refractivity contribution is 0.332. The van der Waals surface area contributed by atoms with Gasteiger partial charge in [0.1, 0.15) is 5.58 Å². The molecule has 0 saturated carbocycles. The van der Waals surface area contributed by atoms with Crippen LogP contribution in [0.5, 0.6) is 0 Å². The summed E-state index contributed by atoms with van der Waals surface area (Å²) >= 11 is 0. The maximum Gasteiger partial charge on any atom is 0.333 e. The Balaban J connectivity index is 1.22. The predicted molar refractivity (Wildman–Crippen MR) is 276 cm³/mol. The normalized spacial score (nSPS) is 17.2. The fourth-order valence-corrected chi connectivity index (χ4v) is 12.5. The molecule has 3 aliphatic heterocycles. The van der Waals surface area contributed by atoms with E-state index in [0.29, 0.717) is 0 Å². The minimum Gasteiger partial charge on any atom is -0.454 e. The van der Waals surface area contributed by atoms with Crippen LogP contribution in [0.1, 0.15) is 103 Å². The first kappa shape index (κ1) is 38.9. The van der Waals surface area contributed by atoms with E-state index in [1.807, 2.05) is 0 Å². The van der Waals surface area contributed by atoms with Crippen molar-refractivity contribution in [3.8, 4) is 22.3 Å². The Kier molecular flexibility index (Phi) is 7.69. The van der Waals surface area contributed by atoms with Gasteiger partial charge >= 0.3 is 6.85 Å². The molecule has 4 aliphatic rings. The summed E-state index contributed by atoms with van der Waals surface area (Å²) in [4.78, 5) is 5.32. The summed E-state index contributed by atoms with van der Waals surface area (Å²) < 4.78 is 7.52. The zero-order valence-electron chi connectivity index (χ0n) is 39.2. The summed E-state index contributed by atoms with van der Waals surface area (Å²) in [5.74, 6) is 0. The number of furan rings is 1. The van der Waals surface area contributed by atoms with Crippen molar-refractivity contribution in [2.45, 2.75) is 96.8 Å². The first-order valence-electron chi connectivity index (χ1n) is 23.8. The molecule has 0 saturated heterocycles. The molecule has 0 spiro atoms. The summed E-state index contributed by atoms with van der Waals surface area (Å²) in [5, 5.41) is 4.89. The van der Waals surface area contributed by atoms with E-state index >= 15 is 0 Å². The average Bonchev–Trinajstić information content (AvgIpc) is 3.67. The van der Waals surface area contributed by atoms with Crippen LogP contribution in [0.25, 0.3) is 55.0 Å². The average molecular weight is 843 g/mol. The molecule has 0 amide bonds. The summed E-state index contributed by atoms with van der Waals surface area (Å²) in [7, 11) is 0. The second-order valence-corrected chi connectivity index (χ2v) is 22.3. The molecule has 4 heterocycles. The zero-order valence-corrected chi connectivity index (χ0v) is 39.2. The minimum absolute atomic E-state index is 0.0431. The molecule has 0 radical (unpaired) electrons. The van der Waals surface area contributed by atoms with E-state index in [9.17, 15) is 0 Å². The lowest BCUT2D eigenvalue weighted by atomic mass is 9.42. The highest BCUT2D eigenvalue weighted by Crippen LogP contribution is 2.58. The molecule has 0 atom stereocenters. The van der Waals surface area contributed by atoms with Crippen molar-refractivity contribution >= 4 is 78.9 Å². The molecule has 1 aliphatic carbocycles. The van der Waals surface area contributed by atoms with Gasteiger partial charge in [-0.1, -0.05) is 172 Å². The largest absolute Gasteiger partial charge is 0.454 e. The van der Waals surface area contributed by atoms with Crippen molar-refractivity contribution in [2.75, 3.05) is 9.71 Å². The molecule has 0 unspecified atom stereocenters. The van der Waals surface area contributed by atoms with Crippen LogP contribution in [0.2, 0.25) is 0 Å². The summed E-state index contributed by atoms with van der Waals surface area (Å²) in [6.45, 7) is 21.3. The van der Waals surface area contributed by atoms with Gasteiger partial charge in [0.15, 0.2) is 5.58 Å². The second kappa shape index (κ2) is 12.8. The molecular weight excluding hydrogens is 787 g/mol. The molecule has 3 nitrogen and oxygen atoms in total. The Morgan fingerprint density at radius 3 is 2.03 bits per heavy atom. The van der Waals surface area contributed by atoms with Crippen molar-refractivity contribution in [1.82, 2.24) is 0 Å². The zero-order chi connectivity index (χ0) is 44.5. The van der Waals surface area contributed by atoms with Crippen molar-refractivity contribution in [3.05, 3.63) is 173 Å². The lowest BCUT2D eigenvalue weighted by Gasteiger charge is -2.51. The predicted octanol–water partition coefficient (Wildman–Crippen LogP) is 15.4. The second-order valence-electron chi connectivity index (χ2n) is 22.3. The van der Waals surface area contributed by atoms with Crippen LogP contribution >= 0.6 is 0 Å². The third-order valence-electron chi connectivity index (χ3n) is 16.2. The van der Waals surface area contributed by atoms with E-state index in [1.165, 1.54) is 99.6 Å². The van der Waals surface area contributed by atoms with E-state index in [4.69, 9.17) is 4.42 Å². The highest BCUT2D eigenvalue weighted by Gasteiger charge is 2.51. The van der Waals surface area contributed by atoms with E-state index in [-0.39, 0.29) is 28.5 Å². The number of fused-ring (bicyclic) bond motifs is 13. The Morgan fingerprint density at radius 2 is 1.25 bits per heavy atom. The maximum atomic E-state index is 7.52. The van der Waals surface area contributed by atoms with Crippen LogP contribution in [-0.4, -0.2) is 6.85 Å². The fourth-order valence-electron chi connectivity index (χ4n) is 12.5. The monoisotopic (exact) mass is 842 g/mol. The summed E-state index contributed by atoms with van der Waals surface area (Å²) in [6.07, 6.45) is 2.32. The third-order valence-corrected chi connectivity index (χ3v) is 16.2. The first-order valence-corrected chi connectivity index (χ1v) is 23.8. The van der Waals surface area contributed by atoms with Gasteiger partial charge in [0.2, 0.25) is 0 Å². The van der Waals surface area contributed by atoms with Gasteiger partial charge in [-0.25, -0.2) is 0 Å². The van der Waals surface area contributed by atoms with E-state index in [2.05, 4.69) is 218 Å². The molecule has 318 valence electrons. The van der Waals surface area contributed by atoms with Gasteiger partial charge in [0, 0.05) is 44.4 Å². The Labute approximate surface area is 383 Å². The number of benzene rings is 8. The quantitative estimate of drug-likeness (QED) is 0.162. The Hall–Kier alpha value is -6.52.